The smallest absolute Gasteiger partial charge is 0.279 e. The summed E-state index contributed by atoms with van der Waals surface area (Å²) < 4.78 is 15.0. The van der Waals surface area contributed by atoms with Gasteiger partial charge in [0.05, 0.1) is 22.4 Å². The van der Waals surface area contributed by atoms with Crippen LogP contribution < -0.4 is 10.2 Å². The highest BCUT2D eigenvalue weighted by atomic mass is 35.5. The van der Waals surface area contributed by atoms with Crippen molar-refractivity contribution >= 4 is 44.7 Å². The van der Waals surface area contributed by atoms with E-state index in [2.05, 4.69) is 11.4 Å². The standard InChI is InChI=1S/C19H17ClFN3OS/c20-12-7-8-14(13(21)10-12)22-18(25)11-24-9-3-5-16(24)19-23-15-4-1-2-6-17(15)26-19/h1-2,4,6-8,10,16H,3,5,9,11H2,(H,22,25)/p+1/t16-/m0/s1. The largest absolute Gasteiger partial charge is 0.319 e. The van der Waals surface area contributed by atoms with Gasteiger partial charge in [-0.25, -0.2) is 9.37 Å². The molecule has 2 atom stereocenters. The summed E-state index contributed by atoms with van der Waals surface area (Å²) >= 11 is 7.44. The third-order valence-corrected chi connectivity index (χ3v) is 6.07. The van der Waals surface area contributed by atoms with Gasteiger partial charge in [0.25, 0.3) is 5.91 Å². The van der Waals surface area contributed by atoms with Gasteiger partial charge < -0.3 is 10.2 Å². The Morgan fingerprint density at radius 2 is 2.19 bits per heavy atom. The minimum absolute atomic E-state index is 0.162. The molecular formula is C19H18ClFN3OS+. The van der Waals surface area contributed by atoms with Crippen molar-refractivity contribution in [3.05, 3.63) is 58.3 Å². The highest BCUT2D eigenvalue weighted by molar-refractivity contribution is 7.18. The summed E-state index contributed by atoms with van der Waals surface area (Å²) in [7, 11) is 0. The highest BCUT2D eigenvalue weighted by Gasteiger charge is 2.34. The maximum atomic E-state index is 13.9. The summed E-state index contributed by atoms with van der Waals surface area (Å²) in [5.74, 6) is -0.723. The number of quaternary nitrogens is 1. The van der Waals surface area contributed by atoms with E-state index < -0.39 is 5.82 Å². The van der Waals surface area contributed by atoms with Gasteiger partial charge in [0, 0.05) is 17.9 Å². The van der Waals surface area contributed by atoms with E-state index in [9.17, 15) is 9.18 Å². The van der Waals surface area contributed by atoms with Crippen LogP contribution in [0.2, 0.25) is 5.02 Å². The van der Waals surface area contributed by atoms with Crippen molar-refractivity contribution in [2.75, 3.05) is 18.4 Å². The van der Waals surface area contributed by atoms with E-state index in [1.807, 2.05) is 18.2 Å². The van der Waals surface area contributed by atoms with Crippen molar-refractivity contribution in [1.29, 1.82) is 0 Å². The third-order valence-electron chi connectivity index (χ3n) is 4.68. The fourth-order valence-corrected chi connectivity index (χ4v) is 4.77. The van der Waals surface area contributed by atoms with Crippen molar-refractivity contribution in [3.63, 3.8) is 0 Å². The first kappa shape index (κ1) is 17.4. The zero-order chi connectivity index (χ0) is 18.1. The third kappa shape index (κ3) is 3.58. The number of likely N-dealkylation sites (tertiary alicyclic amines) is 1. The minimum atomic E-state index is -0.523. The number of halogens is 2. The summed E-state index contributed by atoms with van der Waals surface area (Å²) in [4.78, 5) is 18.3. The average molecular weight is 391 g/mol. The zero-order valence-corrected chi connectivity index (χ0v) is 15.5. The lowest BCUT2D eigenvalue weighted by Gasteiger charge is -2.19. The van der Waals surface area contributed by atoms with Crippen molar-refractivity contribution in [2.24, 2.45) is 0 Å². The van der Waals surface area contributed by atoms with Gasteiger partial charge in [-0.1, -0.05) is 23.7 Å². The van der Waals surface area contributed by atoms with Crippen molar-refractivity contribution in [1.82, 2.24) is 4.98 Å². The van der Waals surface area contributed by atoms with Crippen LogP contribution in [0.3, 0.4) is 0 Å². The monoisotopic (exact) mass is 390 g/mol. The molecule has 3 aromatic rings. The molecular weight excluding hydrogens is 373 g/mol. The molecule has 1 aliphatic heterocycles. The SMILES string of the molecule is O=C(C[NH+]1CCC[C@H]1c1nc2ccccc2s1)Nc1ccc(Cl)cc1F. The normalized spacial score (nSPS) is 19.8. The number of fused-ring (bicyclic) bond motifs is 1. The number of nitrogens with one attached hydrogen (secondary N) is 2. The summed E-state index contributed by atoms with van der Waals surface area (Å²) in [6.07, 6.45) is 2.07. The maximum Gasteiger partial charge on any atom is 0.279 e. The summed E-state index contributed by atoms with van der Waals surface area (Å²) in [5, 5.41) is 4.03. The number of benzene rings is 2. The van der Waals surface area contributed by atoms with Gasteiger partial charge in [-0.2, -0.15) is 0 Å². The Kier molecular flexibility index (Phi) is 4.89. The lowest BCUT2D eigenvalue weighted by Crippen LogP contribution is -3.11. The van der Waals surface area contributed by atoms with Crippen LogP contribution in [0, 0.1) is 5.82 Å². The van der Waals surface area contributed by atoms with Gasteiger partial charge in [-0.15, -0.1) is 11.3 Å². The van der Waals surface area contributed by atoms with Gasteiger partial charge >= 0.3 is 0 Å². The fraction of sp³-hybridized carbons (Fsp3) is 0.263. The molecule has 0 spiro atoms. The molecule has 1 fully saturated rings. The first-order valence-electron chi connectivity index (χ1n) is 8.55. The Hall–Kier alpha value is -2.02. The lowest BCUT2D eigenvalue weighted by molar-refractivity contribution is -0.910. The zero-order valence-electron chi connectivity index (χ0n) is 14.0. The number of carbonyl (C=O) groups is 1. The number of para-hydroxylation sites is 1. The Morgan fingerprint density at radius 3 is 3.00 bits per heavy atom. The molecule has 2 heterocycles. The Balaban J connectivity index is 1.47. The predicted octanol–water partition coefficient (Wildman–Crippen LogP) is 3.45. The van der Waals surface area contributed by atoms with Crippen molar-refractivity contribution in [3.8, 4) is 0 Å². The van der Waals surface area contributed by atoms with Gasteiger partial charge in [-0.05, 0) is 30.3 Å². The molecule has 0 saturated carbocycles. The van der Waals surface area contributed by atoms with Crippen LogP contribution in [0.25, 0.3) is 10.2 Å². The van der Waals surface area contributed by atoms with E-state index in [0.717, 1.165) is 29.9 Å². The van der Waals surface area contributed by atoms with Crippen LogP contribution in [0.4, 0.5) is 10.1 Å². The van der Waals surface area contributed by atoms with Gasteiger partial charge in [-0.3, -0.25) is 4.79 Å². The van der Waals surface area contributed by atoms with E-state index in [4.69, 9.17) is 16.6 Å². The van der Waals surface area contributed by atoms with Crippen LogP contribution in [0.1, 0.15) is 23.9 Å². The van der Waals surface area contributed by atoms with Crippen LogP contribution in [-0.2, 0) is 4.79 Å². The van der Waals surface area contributed by atoms with Crippen LogP contribution in [0.5, 0.6) is 0 Å². The number of nitrogens with zero attached hydrogens (tertiary/aromatic N) is 1. The number of hydrogen-bond donors (Lipinski definition) is 2. The van der Waals surface area contributed by atoms with Crippen LogP contribution in [0.15, 0.2) is 42.5 Å². The van der Waals surface area contributed by atoms with Crippen LogP contribution >= 0.6 is 22.9 Å². The average Bonchev–Trinajstić information content (AvgIpc) is 3.23. The number of thiazole rings is 1. The molecule has 1 aliphatic rings. The van der Waals surface area contributed by atoms with E-state index in [0.29, 0.717) is 11.6 Å². The fourth-order valence-electron chi connectivity index (χ4n) is 3.45. The number of rotatable bonds is 4. The van der Waals surface area contributed by atoms with Crippen molar-refractivity contribution in [2.45, 2.75) is 18.9 Å². The molecule has 1 aromatic heterocycles. The molecule has 1 saturated heterocycles. The Bertz CT molecular complexity index is 928. The number of aromatic nitrogens is 1. The van der Waals surface area contributed by atoms with Gasteiger partial charge in [0.2, 0.25) is 0 Å². The van der Waals surface area contributed by atoms with Crippen LogP contribution in [-0.4, -0.2) is 24.0 Å². The molecule has 26 heavy (non-hydrogen) atoms. The first-order valence-corrected chi connectivity index (χ1v) is 9.74. The highest BCUT2D eigenvalue weighted by Crippen LogP contribution is 2.28. The summed E-state index contributed by atoms with van der Waals surface area (Å²) in [5.41, 5.74) is 1.17. The predicted molar refractivity (Wildman–Crippen MR) is 102 cm³/mol. The molecule has 134 valence electrons. The topological polar surface area (TPSA) is 46.4 Å². The van der Waals surface area contributed by atoms with Gasteiger partial charge in [0.1, 0.15) is 11.9 Å². The number of anilines is 1. The minimum Gasteiger partial charge on any atom is -0.319 e. The Morgan fingerprint density at radius 1 is 1.35 bits per heavy atom. The molecule has 7 heteroatoms. The molecule has 0 aliphatic carbocycles. The van der Waals surface area contributed by atoms with Crippen molar-refractivity contribution < 1.29 is 14.1 Å². The molecule has 2 aromatic carbocycles. The number of hydrogen-bond acceptors (Lipinski definition) is 3. The lowest BCUT2D eigenvalue weighted by atomic mass is 10.2. The second-order valence-electron chi connectivity index (χ2n) is 6.47. The summed E-state index contributed by atoms with van der Waals surface area (Å²) in [6, 6.07) is 12.5. The van der Waals surface area contributed by atoms with Gasteiger partial charge in [0.15, 0.2) is 11.6 Å². The molecule has 1 amide bonds. The molecule has 0 radical (unpaired) electrons. The molecule has 1 unspecified atom stereocenters. The van der Waals surface area contributed by atoms with E-state index in [1.54, 1.807) is 17.4 Å². The van der Waals surface area contributed by atoms with E-state index >= 15 is 0 Å². The first-order chi connectivity index (χ1) is 12.6. The number of amides is 1. The quantitative estimate of drug-likeness (QED) is 0.716. The molecule has 4 rings (SSSR count). The molecule has 2 N–H and O–H groups in total. The second kappa shape index (κ2) is 7.31. The van der Waals surface area contributed by atoms with E-state index in [-0.39, 0.29) is 17.6 Å². The Labute approximate surface area is 159 Å². The molecule has 4 nitrogen and oxygen atoms in total. The maximum absolute atomic E-state index is 13.9. The summed E-state index contributed by atoms with van der Waals surface area (Å²) in [6.45, 7) is 1.21. The second-order valence-corrected chi connectivity index (χ2v) is 7.97. The number of carbonyl (C=O) groups excluding carboxylic acids is 1. The molecule has 0 bridgehead atoms. The van der Waals surface area contributed by atoms with E-state index in [1.165, 1.54) is 21.7 Å².